The zero-order valence-electron chi connectivity index (χ0n) is 21.5. The first kappa shape index (κ1) is 30.4. The number of alkyl halides is 3. The number of hydrogen-bond acceptors (Lipinski definition) is 4. The van der Waals surface area contributed by atoms with Gasteiger partial charge in [0.1, 0.15) is 0 Å². The lowest BCUT2D eigenvalue weighted by molar-refractivity contribution is -0.137. The molecule has 5 rings (SSSR count). The van der Waals surface area contributed by atoms with Gasteiger partial charge in [0.05, 0.1) is 21.8 Å². The Morgan fingerprint density at radius 3 is 2.07 bits per heavy atom. The van der Waals surface area contributed by atoms with Crippen molar-refractivity contribution in [2.75, 3.05) is 0 Å². The van der Waals surface area contributed by atoms with Gasteiger partial charge in [-0.3, -0.25) is 0 Å². The first-order valence-electron chi connectivity index (χ1n) is 12.3. The molecule has 212 valence electrons. The van der Waals surface area contributed by atoms with Crippen molar-refractivity contribution in [3.8, 4) is 22.4 Å². The van der Waals surface area contributed by atoms with Crippen LogP contribution in [0.5, 0.6) is 0 Å². The summed E-state index contributed by atoms with van der Waals surface area (Å²) < 4.78 is 65.0. The zero-order chi connectivity index (χ0) is 28.3. The summed E-state index contributed by atoms with van der Waals surface area (Å²) in [7, 11) is -3.80. The topological polar surface area (TPSA) is 77.5 Å². The minimum absolute atomic E-state index is 0. The van der Waals surface area contributed by atoms with Crippen molar-refractivity contribution in [1.29, 1.82) is 0 Å². The normalized spacial score (nSPS) is 12.2. The van der Waals surface area contributed by atoms with E-state index in [9.17, 15) is 21.6 Å². The molecule has 4 aromatic carbocycles. The third kappa shape index (κ3) is 7.42. The highest BCUT2D eigenvalue weighted by molar-refractivity contribution is 8.93. The van der Waals surface area contributed by atoms with Crippen LogP contribution in [0.1, 0.15) is 11.1 Å². The highest BCUT2D eigenvalue weighted by Crippen LogP contribution is 2.31. The van der Waals surface area contributed by atoms with Crippen molar-refractivity contribution >= 4 is 44.0 Å². The molecule has 0 unspecified atom stereocenters. The fourth-order valence-electron chi connectivity index (χ4n) is 4.28. The van der Waals surface area contributed by atoms with E-state index in [1.165, 1.54) is 29.5 Å². The molecular weight excluding hydrogens is 635 g/mol. The van der Waals surface area contributed by atoms with Gasteiger partial charge in [0, 0.05) is 11.9 Å². The van der Waals surface area contributed by atoms with Crippen molar-refractivity contribution < 1.29 is 21.6 Å². The Morgan fingerprint density at radius 1 is 0.805 bits per heavy atom. The van der Waals surface area contributed by atoms with Gasteiger partial charge in [0.2, 0.25) is 10.0 Å². The van der Waals surface area contributed by atoms with Crippen LogP contribution in [0.4, 0.5) is 18.9 Å². The zero-order valence-corrected chi connectivity index (χ0v) is 24.8. The Kier molecular flexibility index (Phi) is 9.33. The average Bonchev–Trinajstić information content (AvgIpc) is 3.34. The SMILES string of the molecule is Br.NS(=O)(=O)c1ccc(CCn2c(-c3ccc(-c4ccccc4)cc3)csc2=Nc2cccc(C(F)(F)F)c2)cc1. The van der Waals surface area contributed by atoms with Crippen molar-refractivity contribution in [2.24, 2.45) is 10.1 Å². The number of nitrogens with zero attached hydrogens (tertiary/aromatic N) is 2. The molecule has 1 aromatic heterocycles. The maximum atomic E-state index is 13.3. The smallest absolute Gasteiger partial charge is 0.316 e. The summed E-state index contributed by atoms with van der Waals surface area (Å²) in [5.41, 5.74) is 4.28. The second-order valence-corrected chi connectivity index (χ2v) is 11.5. The molecule has 0 aliphatic rings. The first-order chi connectivity index (χ1) is 19.1. The predicted octanol–water partition coefficient (Wildman–Crippen LogP) is 7.60. The Bertz CT molecular complexity index is 1800. The summed E-state index contributed by atoms with van der Waals surface area (Å²) >= 11 is 1.34. The molecule has 5 aromatic rings. The van der Waals surface area contributed by atoms with Crippen molar-refractivity contribution in [2.45, 2.75) is 24.0 Å². The quantitative estimate of drug-likeness (QED) is 0.195. The summed E-state index contributed by atoms with van der Waals surface area (Å²) in [5.74, 6) is 0. The third-order valence-electron chi connectivity index (χ3n) is 6.36. The number of primary sulfonamides is 1. The molecule has 0 bridgehead atoms. The minimum Gasteiger partial charge on any atom is -0.316 e. The number of thiazole rings is 1. The number of sulfonamides is 1. The maximum absolute atomic E-state index is 13.3. The van der Waals surface area contributed by atoms with Crippen LogP contribution in [-0.4, -0.2) is 13.0 Å². The van der Waals surface area contributed by atoms with E-state index >= 15 is 0 Å². The fourth-order valence-corrected chi connectivity index (χ4v) is 5.75. The molecule has 11 heteroatoms. The molecule has 2 N–H and O–H groups in total. The van der Waals surface area contributed by atoms with Crippen LogP contribution < -0.4 is 9.94 Å². The Labute approximate surface area is 250 Å². The lowest BCUT2D eigenvalue weighted by Crippen LogP contribution is -2.17. The molecule has 1 heterocycles. The van der Waals surface area contributed by atoms with Gasteiger partial charge in [-0.15, -0.1) is 28.3 Å². The highest BCUT2D eigenvalue weighted by atomic mass is 79.9. The van der Waals surface area contributed by atoms with Gasteiger partial charge in [-0.1, -0.05) is 72.8 Å². The molecule has 0 saturated heterocycles. The summed E-state index contributed by atoms with van der Waals surface area (Å²) in [5, 5.41) is 7.15. The summed E-state index contributed by atoms with van der Waals surface area (Å²) in [6.07, 6.45) is -3.93. The summed E-state index contributed by atoms with van der Waals surface area (Å²) in [6, 6.07) is 29.3. The lowest BCUT2D eigenvalue weighted by Gasteiger charge is -2.11. The van der Waals surface area contributed by atoms with Gasteiger partial charge in [0.15, 0.2) is 4.80 Å². The van der Waals surface area contributed by atoms with E-state index in [1.54, 1.807) is 18.2 Å². The van der Waals surface area contributed by atoms with Crippen LogP contribution in [0.2, 0.25) is 0 Å². The number of hydrogen-bond donors (Lipinski definition) is 1. The van der Waals surface area contributed by atoms with Gasteiger partial charge in [-0.2, -0.15) is 13.2 Å². The van der Waals surface area contributed by atoms with E-state index in [1.807, 2.05) is 64.5 Å². The van der Waals surface area contributed by atoms with E-state index in [0.717, 1.165) is 40.1 Å². The second kappa shape index (κ2) is 12.6. The molecule has 0 fully saturated rings. The van der Waals surface area contributed by atoms with Crippen LogP contribution >= 0.6 is 28.3 Å². The first-order valence-corrected chi connectivity index (χ1v) is 14.7. The maximum Gasteiger partial charge on any atom is 0.416 e. The number of halogens is 4. The van der Waals surface area contributed by atoms with Gasteiger partial charge in [-0.25, -0.2) is 18.5 Å². The van der Waals surface area contributed by atoms with Gasteiger partial charge >= 0.3 is 6.18 Å². The molecule has 41 heavy (non-hydrogen) atoms. The molecule has 0 amide bonds. The third-order valence-corrected chi connectivity index (χ3v) is 8.15. The van der Waals surface area contributed by atoms with E-state index in [0.29, 0.717) is 17.8 Å². The molecule has 0 atom stereocenters. The average molecular weight is 661 g/mol. The summed E-state index contributed by atoms with van der Waals surface area (Å²) in [4.78, 5) is 5.14. The number of benzene rings is 4. The van der Waals surface area contributed by atoms with Crippen LogP contribution in [0.15, 0.2) is 118 Å². The second-order valence-electron chi connectivity index (χ2n) is 9.10. The molecule has 0 saturated carbocycles. The van der Waals surface area contributed by atoms with Gasteiger partial charge in [0.25, 0.3) is 0 Å². The summed E-state index contributed by atoms with van der Waals surface area (Å²) in [6.45, 7) is 0.464. The van der Waals surface area contributed by atoms with E-state index in [2.05, 4.69) is 4.99 Å². The Morgan fingerprint density at radius 2 is 1.44 bits per heavy atom. The van der Waals surface area contributed by atoms with Crippen molar-refractivity contribution in [3.05, 3.63) is 124 Å². The van der Waals surface area contributed by atoms with E-state index < -0.39 is 21.8 Å². The van der Waals surface area contributed by atoms with Crippen LogP contribution in [0.25, 0.3) is 22.4 Å². The number of nitrogens with two attached hydrogens (primary N) is 1. The standard InChI is InChI=1S/C30H24F3N3O2S2.BrH/c31-30(32,33)25-7-4-8-26(19-25)35-29-36(18-17-21-9-15-27(16-10-21)40(34,37)38)28(20-39-29)24-13-11-23(12-14-24)22-5-2-1-3-6-22;/h1-16,19-20H,17-18H2,(H2,34,37,38);1H. The number of rotatable bonds is 7. The van der Waals surface area contributed by atoms with Crippen molar-refractivity contribution in [3.63, 3.8) is 0 Å². The molecule has 0 spiro atoms. The molecular formula is C30H25BrF3N3O2S2. The molecule has 0 aliphatic carbocycles. The molecule has 0 radical (unpaired) electrons. The predicted molar refractivity (Wildman–Crippen MR) is 162 cm³/mol. The van der Waals surface area contributed by atoms with Gasteiger partial charge < -0.3 is 4.57 Å². The van der Waals surface area contributed by atoms with Crippen LogP contribution in [0, 0.1) is 0 Å². The molecule has 0 aliphatic heterocycles. The number of aryl methyl sites for hydroxylation is 1. The fraction of sp³-hybridized carbons (Fsp3) is 0.100. The largest absolute Gasteiger partial charge is 0.416 e. The Balaban J connectivity index is 0.00000387. The molecule has 5 nitrogen and oxygen atoms in total. The van der Waals surface area contributed by atoms with Gasteiger partial charge in [-0.05, 0) is 59.0 Å². The van der Waals surface area contributed by atoms with Crippen LogP contribution in [-0.2, 0) is 29.2 Å². The number of aromatic nitrogens is 1. The monoisotopic (exact) mass is 659 g/mol. The van der Waals surface area contributed by atoms with Crippen molar-refractivity contribution in [1.82, 2.24) is 4.57 Å². The Hall–Kier alpha value is -3.51. The van der Waals surface area contributed by atoms with E-state index in [-0.39, 0.29) is 27.6 Å². The lowest BCUT2D eigenvalue weighted by atomic mass is 10.0. The highest BCUT2D eigenvalue weighted by Gasteiger charge is 2.30. The van der Waals surface area contributed by atoms with Crippen LogP contribution in [0.3, 0.4) is 0 Å². The minimum atomic E-state index is -4.47. The van der Waals surface area contributed by atoms with E-state index in [4.69, 9.17) is 5.14 Å².